The van der Waals surface area contributed by atoms with E-state index >= 15 is 0 Å². The monoisotopic (exact) mass is 327 g/mol. The van der Waals surface area contributed by atoms with Gasteiger partial charge >= 0.3 is 5.97 Å². The van der Waals surface area contributed by atoms with Gasteiger partial charge in [0.25, 0.3) is 0 Å². The Morgan fingerprint density at radius 1 is 1.08 bits per heavy atom. The summed E-state index contributed by atoms with van der Waals surface area (Å²) < 4.78 is 18.7. The molecule has 0 heterocycles. The first kappa shape index (κ1) is 17.4. The molecule has 0 amide bonds. The van der Waals surface area contributed by atoms with Crippen LogP contribution in [-0.2, 0) is 16.1 Å². The number of rotatable bonds is 7. The fraction of sp³-hybridized carbons (Fsp3) is 0.158. The van der Waals surface area contributed by atoms with Crippen LogP contribution in [0.2, 0.25) is 0 Å². The predicted octanol–water partition coefficient (Wildman–Crippen LogP) is 3.25. The van der Waals surface area contributed by atoms with Crippen molar-refractivity contribution < 1.29 is 18.7 Å². The van der Waals surface area contributed by atoms with E-state index in [-0.39, 0.29) is 17.7 Å². The highest BCUT2D eigenvalue weighted by molar-refractivity contribution is 6.24. The Morgan fingerprint density at radius 3 is 2.42 bits per heavy atom. The summed E-state index contributed by atoms with van der Waals surface area (Å²) in [5.74, 6) is -2.18. The van der Waals surface area contributed by atoms with Gasteiger partial charge in [-0.2, -0.15) is 0 Å². The van der Waals surface area contributed by atoms with Gasteiger partial charge in [0.2, 0.25) is 5.78 Å². The van der Waals surface area contributed by atoms with E-state index in [0.29, 0.717) is 6.54 Å². The molecule has 0 atom stereocenters. The third kappa shape index (κ3) is 4.52. The molecule has 0 radical (unpaired) electrons. The zero-order valence-corrected chi connectivity index (χ0v) is 13.3. The molecule has 0 aliphatic carbocycles. The zero-order valence-electron chi connectivity index (χ0n) is 13.3. The number of nitrogens with one attached hydrogen (secondary N) is 1. The van der Waals surface area contributed by atoms with Crippen LogP contribution >= 0.6 is 0 Å². The lowest BCUT2D eigenvalue weighted by Crippen LogP contribution is -2.20. The van der Waals surface area contributed by atoms with Crippen molar-refractivity contribution in [2.24, 2.45) is 0 Å². The topological polar surface area (TPSA) is 55.4 Å². The summed E-state index contributed by atoms with van der Waals surface area (Å²) in [6, 6.07) is 15.0. The van der Waals surface area contributed by atoms with E-state index in [9.17, 15) is 14.0 Å². The second-order valence-electron chi connectivity index (χ2n) is 4.95. The molecule has 0 saturated heterocycles. The molecule has 0 aliphatic rings. The third-order valence-electron chi connectivity index (χ3n) is 3.25. The van der Waals surface area contributed by atoms with E-state index in [1.165, 1.54) is 30.5 Å². The Balaban J connectivity index is 2.21. The molecule has 2 rings (SSSR count). The van der Waals surface area contributed by atoms with Crippen LogP contribution < -0.4 is 5.32 Å². The van der Waals surface area contributed by atoms with Crippen molar-refractivity contribution in [2.75, 3.05) is 6.61 Å². The standard InChI is InChI=1S/C19H18FNO3/c1-2-24-19(23)16(13-21-12-14-8-4-3-5-9-14)18(22)15-10-6-7-11-17(15)20/h3-11,13,21H,2,12H2,1H3/b16-13-. The van der Waals surface area contributed by atoms with E-state index in [1.807, 2.05) is 30.3 Å². The van der Waals surface area contributed by atoms with Crippen LogP contribution in [0, 0.1) is 5.82 Å². The maximum Gasteiger partial charge on any atom is 0.343 e. The predicted molar refractivity (Wildman–Crippen MR) is 88.7 cm³/mol. The molecular formula is C19H18FNO3. The lowest BCUT2D eigenvalue weighted by atomic mass is 10.0. The van der Waals surface area contributed by atoms with E-state index in [4.69, 9.17) is 4.74 Å². The van der Waals surface area contributed by atoms with Crippen LogP contribution in [-0.4, -0.2) is 18.4 Å². The van der Waals surface area contributed by atoms with Crippen molar-refractivity contribution >= 4 is 11.8 Å². The van der Waals surface area contributed by atoms with Crippen molar-refractivity contribution in [1.82, 2.24) is 5.32 Å². The molecule has 5 heteroatoms. The molecule has 0 bridgehead atoms. The summed E-state index contributed by atoms with van der Waals surface area (Å²) in [5.41, 5.74) is 0.575. The van der Waals surface area contributed by atoms with Crippen LogP contribution in [0.3, 0.4) is 0 Å². The highest BCUT2D eigenvalue weighted by atomic mass is 19.1. The summed E-state index contributed by atoms with van der Waals surface area (Å²) in [7, 11) is 0. The van der Waals surface area contributed by atoms with Gasteiger partial charge < -0.3 is 10.1 Å². The minimum Gasteiger partial charge on any atom is -0.462 e. The average molecular weight is 327 g/mol. The second-order valence-corrected chi connectivity index (χ2v) is 4.95. The molecule has 0 aliphatic heterocycles. The lowest BCUT2D eigenvalue weighted by molar-refractivity contribution is -0.138. The largest absolute Gasteiger partial charge is 0.462 e. The minimum absolute atomic E-state index is 0.124. The van der Waals surface area contributed by atoms with Crippen molar-refractivity contribution in [1.29, 1.82) is 0 Å². The minimum atomic E-state index is -0.786. The zero-order chi connectivity index (χ0) is 17.4. The lowest BCUT2D eigenvalue weighted by Gasteiger charge is -2.08. The Bertz CT molecular complexity index is 741. The molecule has 0 spiro atoms. The quantitative estimate of drug-likeness (QED) is 0.279. The van der Waals surface area contributed by atoms with Crippen LogP contribution in [0.4, 0.5) is 4.39 Å². The Morgan fingerprint density at radius 2 is 1.75 bits per heavy atom. The van der Waals surface area contributed by atoms with Crippen molar-refractivity contribution in [3.63, 3.8) is 0 Å². The smallest absolute Gasteiger partial charge is 0.343 e. The van der Waals surface area contributed by atoms with Gasteiger partial charge in [0.1, 0.15) is 11.4 Å². The molecule has 124 valence electrons. The number of esters is 1. The van der Waals surface area contributed by atoms with Crippen LogP contribution in [0.5, 0.6) is 0 Å². The number of hydrogen-bond donors (Lipinski definition) is 1. The summed E-state index contributed by atoms with van der Waals surface area (Å²) in [6.45, 7) is 2.19. The van der Waals surface area contributed by atoms with Crippen LogP contribution in [0.15, 0.2) is 66.4 Å². The van der Waals surface area contributed by atoms with E-state index in [1.54, 1.807) is 6.92 Å². The Labute approximate surface area is 140 Å². The SMILES string of the molecule is CCOC(=O)/C(=C\NCc1ccccc1)C(=O)c1ccccc1F. The number of carbonyl (C=O) groups is 2. The van der Waals surface area contributed by atoms with Gasteiger partial charge in [-0.3, -0.25) is 4.79 Å². The number of ketones is 1. The first-order valence-corrected chi connectivity index (χ1v) is 7.57. The highest BCUT2D eigenvalue weighted by Crippen LogP contribution is 2.13. The van der Waals surface area contributed by atoms with Crippen LogP contribution in [0.25, 0.3) is 0 Å². The molecular weight excluding hydrogens is 309 g/mol. The maximum atomic E-state index is 13.8. The molecule has 24 heavy (non-hydrogen) atoms. The van der Waals surface area contributed by atoms with Crippen molar-refractivity contribution in [2.45, 2.75) is 13.5 Å². The van der Waals surface area contributed by atoms with Crippen molar-refractivity contribution in [3.05, 3.63) is 83.3 Å². The van der Waals surface area contributed by atoms with Gasteiger partial charge in [-0.15, -0.1) is 0 Å². The normalized spacial score (nSPS) is 11.0. The number of ether oxygens (including phenoxy) is 1. The van der Waals surface area contributed by atoms with E-state index in [0.717, 1.165) is 5.56 Å². The summed E-state index contributed by atoms with van der Waals surface area (Å²) in [6.07, 6.45) is 1.28. The first-order valence-electron chi connectivity index (χ1n) is 7.57. The molecule has 0 fully saturated rings. The number of carbonyl (C=O) groups excluding carboxylic acids is 2. The molecule has 4 nitrogen and oxygen atoms in total. The molecule has 0 unspecified atom stereocenters. The maximum absolute atomic E-state index is 13.8. The van der Waals surface area contributed by atoms with Gasteiger partial charge in [0, 0.05) is 12.7 Å². The van der Waals surface area contributed by atoms with Gasteiger partial charge in [0.05, 0.1) is 12.2 Å². The summed E-state index contributed by atoms with van der Waals surface area (Å²) in [5, 5.41) is 2.91. The summed E-state index contributed by atoms with van der Waals surface area (Å²) in [4.78, 5) is 24.5. The first-order chi connectivity index (χ1) is 11.6. The number of halogens is 1. The van der Waals surface area contributed by atoms with Gasteiger partial charge in [-0.25, -0.2) is 9.18 Å². The molecule has 1 N–H and O–H groups in total. The summed E-state index contributed by atoms with van der Waals surface area (Å²) >= 11 is 0. The van der Waals surface area contributed by atoms with E-state index in [2.05, 4.69) is 5.32 Å². The fourth-order valence-corrected chi connectivity index (χ4v) is 2.08. The molecule has 0 aromatic heterocycles. The molecule has 0 saturated carbocycles. The number of hydrogen-bond acceptors (Lipinski definition) is 4. The average Bonchev–Trinajstić information content (AvgIpc) is 2.60. The van der Waals surface area contributed by atoms with Gasteiger partial charge in [-0.05, 0) is 24.6 Å². The van der Waals surface area contributed by atoms with E-state index < -0.39 is 17.6 Å². The number of Topliss-reactive ketones (excluding diaryl/α,β-unsaturated/α-hetero) is 1. The molecule has 2 aromatic carbocycles. The Hall–Kier alpha value is -2.95. The van der Waals surface area contributed by atoms with Crippen LogP contribution in [0.1, 0.15) is 22.8 Å². The Kier molecular flexibility index (Phi) is 6.25. The van der Waals surface area contributed by atoms with Crippen molar-refractivity contribution in [3.8, 4) is 0 Å². The second kappa shape index (κ2) is 8.62. The fourth-order valence-electron chi connectivity index (χ4n) is 2.08. The number of benzene rings is 2. The van der Waals surface area contributed by atoms with Gasteiger partial charge in [0.15, 0.2) is 0 Å². The highest BCUT2D eigenvalue weighted by Gasteiger charge is 2.23. The molecule has 2 aromatic rings. The van der Waals surface area contributed by atoms with Gasteiger partial charge in [-0.1, -0.05) is 42.5 Å². The third-order valence-corrected chi connectivity index (χ3v) is 3.25.